The van der Waals surface area contributed by atoms with E-state index in [1.807, 2.05) is 12.1 Å². The van der Waals surface area contributed by atoms with Crippen LogP contribution in [0.5, 0.6) is 0 Å². The summed E-state index contributed by atoms with van der Waals surface area (Å²) in [6.45, 7) is 7.19. The molecule has 0 spiro atoms. The summed E-state index contributed by atoms with van der Waals surface area (Å²) >= 11 is 0. The molecule has 0 fully saturated rings. The van der Waals surface area contributed by atoms with Crippen molar-refractivity contribution in [3.05, 3.63) is 82.4 Å². The van der Waals surface area contributed by atoms with Gasteiger partial charge < -0.3 is 10.3 Å². The minimum atomic E-state index is -0.403. The van der Waals surface area contributed by atoms with Crippen LogP contribution in [-0.4, -0.2) is 10.5 Å². The lowest BCUT2D eigenvalue weighted by Crippen LogP contribution is -2.11. The summed E-state index contributed by atoms with van der Waals surface area (Å²) in [5.74, 6) is -0.403. The third kappa shape index (κ3) is 2.80. The number of benzene rings is 3. The van der Waals surface area contributed by atoms with Crippen LogP contribution in [0.3, 0.4) is 0 Å². The molecule has 1 radical (unpaired) electrons. The van der Waals surface area contributed by atoms with Gasteiger partial charge in [0.2, 0.25) is 5.91 Å². The Bertz CT molecular complexity index is 1180. The van der Waals surface area contributed by atoms with Gasteiger partial charge in [0.05, 0.1) is 11.0 Å². The second-order valence-electron chi connectivity index (χ2n) is 7.13. The number of aromatic nitrogens is 1. The zero-order valence-electron chi connectivity index (χ0n) is 16.0. The highest BCUT2D eigenvalue weighted by Gasteiger charge is 2.17. The molecule has 3 aromatic carbocycles. The van der Waals surface area contributed by atoms with Gasteiger partial charge in [-0.2, -0.15) is 0 Å². The Morgan fingerprint density at radius 3 is 2.63 bits per heavy atom. The molecule has 0 atom stereocenters. The predicted octanol–water partition coefficient (Wildman–Crippen LogP) is 4.92. The molecule has 4 aromatic rings. The van der Waals surface area contributed by atoms with E-state index in [9.17, 15) is 4.79 Å². The third-order valence-electron chi connectivity index (χ3n) is 5.57. The molecule has 0 unspecified atom stereocenters. The maximum atomic E-state index is 12.0. The largest absolute Gasteiger partial charge is 0.366 e. The molecule has 0 saturated carbocycles. The van der Waals surface area contributed by atoms with Crippen molar-refractivity contribution >= 4 is 27.7 Å². The van der Waals surface area contributed by atoms with E-state index in [0.717, 1.165) is 34.8 Å². The molecule has 0 aliphatic carbocycles. The van der Waals surface area contributed by atoms with Gasteiger partial charge in [-0.15, -0.1) is 0 Å². The van der Waals surface area contributed by atoms with Gasteiger partial charge in [-0.25, -0.2) is 0 Å². The quantitative estimate of drug-likeness (QED) is 0.555. The van der Waals surface area contributed by atoms with Crippen molar-refractivity contribution < 1.29 is 4.79 Å². The van der Waals surface area contributed by atoms with Crippen molar-refractivity contribution in [3.63, 3.8) is 0 Å². The molecule has 1 amide bonds. The number of rotatable bonds is 4. The van der Waals surface area contributed by atoms with Crippen molar-refractivity contribution in [2.24, 2.45) is 5.73 Å². The fourth-order valence-corrected chi connectivity index (χ4v) is 3.83. The topological polar surface area (TPSA) is 48.0 Å². The first-order valence-corrected chi connectivity index (χ1v) is 9.31. The molecular weight excluding hydrogens is 332 g/mol. The first-order chi connectivity index (χ1) is 13.0. The molecule has 2 N–H and O–H groups in total. The summed E-state index contributed by atoms with van der Waals surface area (Å²) in [6, 6.07) is 19.8. The van der Waals surface area contributed by atoms with Crippen LogP contribution in [-0.2, 0) is 13.0 Å². The lowest BCUT2D eigenvalue weighted by molar-refractivity contribution is 0.100. The van der Waals surface area contributed by atoms with Crippen LogP contribution in [0.4, 0.5) is 0 Å². The Balaban J connectivity index is 2.06. The number of aryl methyl sites for hydroxylation is 2. The van der Waals surface area contributed by atoms with Gasteiger partial charge >= 0.3 is 0 Å². The molecular formula is C24H23N2O. The average Bonchev–Trinajstić information content (AvgIpc) is 2.98. The van der Waals surface area contributed by atoms with Crippen LogP contribution in [0.15, 0.2) is 48.5 Å². The number of fused-ring (bicyclic) bond motifs is 3. The number of carbonyl (C=O) groups is 1. The highest BCUT2D eigenvalue weighted by atomic mass is 16.1. The van der Waals surface area contributed by atoms with Gasteiger partial charge in [-0.05, 0) is 66.8 Å². The summed E-state index contributed by atoms with van der Waals surface area (Å²) < 4.78 is 2.29. The Morgan fingerprint density at radius 2 is 1.89 bits per heavy atom. The molecule has 0 aliphatic rings. The van der Waals surface area contributed by atoms with Crippen LogP contribution in [0.25, 0.3) is 21.8 Å². The van der Waals surface area contributed by atoms with Crippen LogP contribution < -0.4 is 5.73 Å². The lowest BCUT2D eigenvalue weighted by atomic mass is 10.0. The third-order valence-corrected chi connectivity index (χ3v) is 5.57. The Kier molecular flexibility index (Phi) is 4.23. The Morgan fingerprint density at radius 1 is 1.11 bits per heavy atom. The number of carbonyl (C=O) groups excluding carboxylic acids is 1. The van der Waals surface area contributed by atoms with Crippen molar-refractivity contribution in [2.75, 3.05) is 0 Å². The van der Waals surface area contributed by atoms with Gasteiger partial charge in [0.25, 0.3) is 0 Å². The van der Waals surface area contributed by atoms with Crippen molar-refractivity contribution in [3.8, 4) is 0 Å². The molecule has 0 aliphatic heterocycles. The monoisotopic (exact) mass is 355 g/mol. The van der Waals surface area contributed by atoms with Crippen LogP contribution >= 0.6 is 0 Å². The Hall–Kier alpha value is -3.07. The number of nitrogens with zero attached hydrogens (tertiary/aromatic N) is 1. The second kappa shape index (κ2) is 6.58. The molecule has 4 rings (SSSR count). The van der Waals surface area contributed by atoms with E-state index in [1.165, 1.54) is 22.3 Å². The van der Waals surface area contributed by atoms with E-state index in [4.69, 9.17) is 5.73 Å². The van der Waals surface area contributed by atoms with E-state index < -0.39 is 5.91 Å². The molecule has 1 aromatic heterocycles. The first-order valence-electron chi connectivity index (χ1n) is 9.31. The number of hydrogen-bond acceptors (Lipinski definition) is 1. The van der Waals surface area contributed by atoms with Gasteiger partial charge in [0.1, 0.15) is 0 Å². The molecule has 3 heteroatoms. The van der Waals surface area contributed by atoms with Crippen molar-refractivity contribution in [2.45, 2.75) is 33.7 Å². The fourth-order valence-electron chi connectivity index (χ4n) is 3.83. The van der Waals surface area contributed by atoms with Crippen LogP contribution in [0, 0.1) is 19.9 Å². The summed E-state index contributed by atoms with van der Waals surface area (Å²) in [5.41, 5.74) is 13.4. The highest BCUT2D eigenvalue weighted by Crippen LogP contribution is 2.33. The predicted molar refractivity (Wildman–Crippen MR) is 111 cm³/mol. The molecule has 27 heavy (non-hydrogen) atoms. The van der Waals surface area contributed by atoms with Gasteiger partial charge in [-0.3, -0.25) is 4.79 Å². The number of nitrogens with two attached hydrogens (primary N) is 1. The SMILES string of the molecule is CCc1c[c]c2c3c(C(N)=O)cccc3n(Cc3cccc(C)c3C)c2c1. The maximum absolute atomic E-state index is 12.0. The average molecular weight is 355 g/mol. The van der Waals surface area contributed by atoms with Gasteiger partial charge in [0.15, 0.2) is 0 Å². The Labute approximate surface area is 159 Å². The summed E-state index contributed by atoms with van der Waals surface area (Å²) in [7, 11) is 0. The number of primary amides is 1. The highest BCUT2D eigenvalue weighted by molar-refractivity contribution is 6.17. The molecule has 1 heterocycles. The molecule has 3 nitrogen and oxygen atoms in total. The summed E-state index contributed by atoms with van der Waals surface area (Å²) in [6.07, 6.45) is 0.945. The minimum Gasteiger partial charge on any atom is -0.366 e. The lowest BCUT2D eigenvalue weighted by Gasteiger charge is -2.12. The van der Waals surface area contributed by atoms with E-state index in [0.29, 0.717) is 5.56 Å². The van der Waals surface area contributed by atoms with Crippen molar-refractivity contribution in [1.82, 2.24) is 4.57 Å². The van der Waals surface area contributed by atoms with Crippen LogP contribution in [0.2, 0.25) is 0 Å². The number of hydrogen-bond donors (Lipinski definition) is 1. The van der Waals surface area contributed by atoms with E-state index >= 15 is 0 Å². The summed E-state index contributed by atoms with van der Waals surface area (Å²) in [5, 5.41) is 1.86. The molecule has 135 valence electrons. The smallest absolute Gasteiger partial charge is 0.249 e. The molecule has 0 bridgehead atoms. The van der Waals surface area contributed by atoms with E-state index in [-0.39, 0.29) is 0 Å². The fraction of sp³-hybridized carbons (Fsp3) is 0.208. The maximum Gasteiger partial charge on any atom is 0.249 e. The van der Waals surface area contributed by atoms with Gasteiger partial charge in [0, 0.05) is 22.9 Å². The number of amides is 1. The molecule has 0 saturated heterocycles. The summed E-state index contributed by atoms with van der Waals surface area (Å²) in [4.78, 5) is 12.0. The minimum absolute atomic E-state index is 0.403. The normalized spacial score (nSPS) is 11.4. The van der Waals surface area contributed by atoms with Crippen LogP contribution in [0.1, 0.15) is 39.5 Å². The second-order valence-corrected chi connectivity index (χ2v) is 7.13. The zero-order valence-corrected chi connectivity index (χ0v) is 16.0. The van der Waals surface area contributed by atoms with Crippen molar-refractivity contribution in [1.29, 1.82) is 0 Å². The standard InChI is InChI=1S/C24H23N2O/c1-4-17-11-12-19-22(13-17)26(14-18-8-5-7-15(2)16(18)3)21-10-6-9-20(23(19)21)24(25)27/h5-11,13H,4,14H2,1-3H3,(H2,25,27). The van der Waals surface area contributed by atoms with E-state index in [1.54, 1.807) is 6.07 Å². The van der Waals surface area contributed by atoms with E-state index in [2.05, 4.69) is 61.7 Å². The first kappa shape index (κ1) is 17.3. The van der Waals surface area contributed by atoms with Gasteiger partial charge in [-0.1, -0.05) is 37.3 Å². The zero-order chi connectivity index (χ0) is 19.1.